The quantitative estimate of drug-likeness (QED) is 0.111. The fourth-order valence-electron chi connectivity index (χ4n) is 4.21. The van der Waals surface area contributed by atoms with Gasteiger partial charge in [-0.05, 0) is 35.7 Å². The third-order valence-corrected chi connectivity index (χ3v) is 8.31. The molecule has 34 heavy (non-hydrogen) atoms. The van der Waals surface area contributed by atoms with E-state index in [1.165, 1.54) is 16.7 Å². The zero-order valence-electron chi connectivity index (χ0n) is 18.7. The monoisotopic (exact) mass is 508 g/mol. The second kappa shape index (κ2) is 12.0. The summed E-state index contributed by atoms with van der Waals surface area (Å²) in [5, 5.41) is 0. The van der Waals surface area contributed by atoms with E-state index in [2.05, 4.69) is 40.4 Å². The summed E-state index contributed by atoms with van der Waals surface area (Å²) in [7, 11) is -6.21. The van der Waals surface area contributed by atoms with Crippen molar-refractivity contribution in [3.8, 4) is 0 Å². The lowest BCUT2D eigenvalue weighted by Crippen LogP contribution is -2.29. The van der Waals surface area contributed by atoms with Crippen LogP contribution in [-0.4, -0.2) is 20.1 Å². The van der Waals surface area contributed by atoms with Crippen molar-refractivity contribution >= 4 is 18.9 Å². The Hall–Kier alpha value is -2.21. The van der Waals surface area contributed by atoms with Gasteiger partial charge < -0.3 is 0 Å². The van der Waals surface area contributed by atoms with Gasteiger partial charge in [0.25, 0.3) is 0 Å². The molecule has 0 aliphatic heterocycles. The third kappa shape index (κ3) is 6.47. The minimum Gasteiger partial charge on any atom is -0.244 e. The highest BCUT2D eigenvalue weighted by Gasteiger charge is 2.47. The maximum Gasteiger partial charge on any atom is 0.523 e. The Labute approximate surface area is 201 Å². The van der Waals surface area contributed by atoms with Crippen molar-refractivity contribution in [3.05, 3.63) is 108 Å². The first kappa shape index (κ1) is 26.4. The van der Waals surface area contributed by atoms with E-state index in [1.807, 2.05) is 54.6 Å². The molecule has 0 N–H and O–H groups in total. The Bertz CT molecular complexity index is 1010. The number of hydrogen-bond acceptors (Lipinski definition) is 3. The molecule has 182 valence electrons. The normalized spacial score (nSPS) is 12.9. The molecule has 0 radical (unpaired) electrons. The molecule has 0 aliphatic rings. The summed E-state index contributed by atoms with van der Waals surface area (Å²) in [5.41, 5.74) is -2.07. The maximum atomic E-state index is 12.3. The number of rotatable bonds is 12. The summed E-state index contributed by atoms with van der Waals surface area (Å²) in [5.74, 6) is 0. The molecule has 8 heteroatoms. The average Bonchev–Trinajstić information content (AvgIpc) is 2.84. The lowest BCUT2D eigenvalue weighted by molar-refractivity contribution is -0.0495. The highest BCUT2D eigenvalue weighted by molar-refractivity contribution is 7.90. The van der Waals surface area contributed by atoms with Crippen LogP contribution < -0.4 is 0 Å². The second-order valence-electron chi connectivity index (χ2n) is 8.05. The highest BCUT2D eigenvalue weighted by Crippen LogP contribution is 2.43. The van der Waals surface area contributed by atoms with Crippen LogP contribution in [0.3, 0.4) is 0 Å². The summed E-state index contributed by atoms with van der Waals surface area (Å²) in [4.78, 5) is 0. The van der Waals surface area contributed by atoms with Crippen LogP contribution in [0.15, 0.2) is 91.0 Å². The van der Waals surface area contributed by atoms with E-state index in [0.29, 0.717) is 6.42 Å². The predicted octanol–water partition coefficient (Wildman–Crippen LogP) is 7.43. The Balaban J connectivity index is 1.67. The van der Waals surface area contributed by atoms with Gasteiger partial charge >= 0.3 is 15.6 Å². The summed E-state index contributed by atoms with van der Waals surface area (Å²) in [6, 6.07) is 31.2. The molecule has 3 aromatic rings. The molecular formula is C26H28F3O3PS. The average molecular weight is 509 g/mol. The fourth-order valence-corrected chi connectivity index (χ4v) is 5.93. The summed E-state index contributed by atoms with van der Waals surface area (Å²) in [6.07, 6.45) is 4.34. The Morgan fingerprint density at radius 2 is 1.06 bits per heavy atom. The molecule has 3 nitrogen and oxygen atoms in total. The molecule has 0 bridgehead atoms. The van der Waals surface area contributed by atoms with Crippen LogP contribution >= 0.6 is 8.81 Å². The molecule has 3 rings (SSSR count). The van der Waals surface area contributed by atoms with E-state index in [0.717, 1.165) is 25.7 Å². The molecule has 1 atom stereocenters. The first-order valence-electron chi connectivity index (χ1n) is 11.2. The lowest BCUT2D eigenvalue weighted by Gasteiger charge is -2.36. The molecule has 0 saturated carbocycles. The van der Waals surface area contributed by atoms with E-state index in [-0.39, 0.29) is 11.6 Å². The Morgan fingerprint density at radius 3 is 1.47 bits per heavy atom. The van der Waals surface area contributed by atoms with Crippen molar-refractivity contribution in [2.24, 2.45) is 0 Å². The van der Waals surface area contributed by atoms with Crippen molar-refractivity contribution in [1.82, 2.24) is 0 Å². The van der Waals surface area contributed by atoms with Crippen LogP contribution in [0.4, 0.5) is 13.2 Å². The van der Waals surface area contributed by atoms with Crippen LogP contribution in [0.5, 0.6) is 0 Å². The highest BCUT2D eigenvalue weighted by atomic mass is 32.2. The van der Waals surface area contributed by atoms with E-state index in [1.54, 1.807) is 0 Å². The number of unbranched alkanes of at least 4 members (excludes halogenated alkanes) is 3. The van der Waals surface area contributed by atoms with Gasteiger partial charge in [-0.3, -0.25) is 0 Å². The fraction of sp³-hybridized carbons (Fsp3) is 0.308. The minimum absolute atomic E-state index is 0.288. The van der Waals surface area contributed by atoms with Crippen LogP contribution in [0.1, 0.15) is 48.8 Å². The van der Waals surface area contributed by atoms with Gasteiger partial charge in [-0.1, -0.05) is 110 Å². The van der Waals surface area contributed by atoms with Gasteiger partial charge in [0.05, 0.1) is 0 Å². The van der Waals surface area contributed by atoms with Gasteiger partial charge in [-0.25, -0.2) is 3.97 Å². The summed E-state index contributed by atoms with van der Waals surface area (Å²) < 4.78 is 63.0. The first-order valence-corrected chi connectivity index (χ1v) is 13.7. The minimum atomic E-state index is -5.49. The molecule has 0 aliphatic carbocycles. The number of hydrogen-bond donors (Lipinski definition) is 0. The lowest BCUT2D eigenvalue weighted by atomic mass is 9.66. The van der Waals surface area contributed by atoms with E-state index < -0.39 is 24.4 Å². The van der Waals surface area contributed by atoms with Gasteiger partial charge in [0.1, 0.15) is 0 Å². The Morgan fingerprint density at radius 1 is 0.647 bits per heavy atom. The number of alkyl halides is 3. The molecule has 0 fully saturated rings. The van der Waals surface area contributed by atoms with Crippen LogP contribution in [0.2, 0.25) is 0 Å². The van der Waals surface area contributed by atoms with E-state index in [9.17, 15) is 21.6 Å². The van der Waals surface area contributed by atoms with Crippen LogP contribution in [0.25, 0.3) is 0 Å². The Kier molecular flexibility index (Phi) is 9.29. The zero-order valence-corrected chi connectivity index (χ0v) is 20.5. The third-order valence-electron chi connectivity index (χ3n) is 5.83. The predicted molar refractivity (Wildman–Crippen MR) is 132 cm³/mol. The molecule has 3 aromatic carbocycles. The van der Waals surface area contributed by atoms with Crippen molar-refractivity contribution in [2.75, 3.05) is 6.16 Å². The van der Waals surface area contributed by atoms with E-state index in [4.69, 9.17) is 0 Å². The first-order chi connectivity index (χ1) is 16.3. The van der Waals surface area contributed by atoms with Crippen molar-refractivity contribution in [1.29, 1.82) is 0 Å². The molecule has 0 saturated heterocycles. The van der Waals surface area contributed by atoms with Gasteiger partial charge in [-0.2, -0.15) is 21.6 Å². The molecule has 0 heterocycles. The van der Waals surface area contributed by atoms with Gasteiger partial charge in [0.2, 0.25) is 0 Å². The summed E-state index contributed by atoms with van der Waals surface area (Å²) >= 11 is 0. The van der Waals surface area contributed by atoms with Gasteiger partial charge in [-0.15, -0.1) is 0 Å². The topological polar surface area (TPSA) is 43.4 Å². The van der Waals surface area contributed by atoms with Crippen molar-refractivity contribution < 1.29 is 25.6 Å². The smallest absolute Gasteiger partial charge is 0.244 e. The zero-order chi connectivity index (χ0) is 24.5. The maximum absolute atomic E-state index is 12.3. The molecular weight excluding hydrogens is 480 g/mol. The van der Waals surface area contributed by atoms with Gasteiger partial charge in [0, 0.05) is 14.2 Å². The second-order valence-corrected chi connectivity index (χ2v) is 10.9. The van der Waals surface area contributed by atoms with Crippen molar-refractivity contribution in [3.63, 3.8) is 0 Å². The standard InChI is InChI=1S/C26H28F3O3PS/c27-26(28,29)34(30,31)32-33-21-13-2-1-12-20-25(22-14-6-3-7-15-22,23-16-8-4-9-17-23)24-18-10-5-11-19-24/h3-11,14-19,33H,1-2,12-13,20-21H2. The molecule has 0 spiro atoms. The van der Waals surface area contributed by atoms with Crippen LogP contribution in [0, 0.1) is 0 Å². The van der Waals surface area contributed by atoms with Crippen molar-refractivity contribution in [2.45, 2.75) is 43.0 Å². The number of benzene rings is 3. The SMILES string of the molecule is O=S(=O)(OPCCCCCCC(c1ccccc1)(c1ccccc1)c1ccccc1)C(F)(F)F. The number of halogens is 3. The molecule has 0 amide bonds. The largest absolute Gasteiger partial charge is 0.523 e. The van der Waals surface area contributed by atoms with E-state index >= 15 is 0 Å². The van der Waals surface area contributed by atoms with Gasteiger partial charge in [0.15, 0.2) is 0 Å². The van der Waals surface area contributed by atoms with Crippen LogP contribution in [-0.2, 0) is 19.5 Å². The summed E-state index contributed by atoms with van der Waals surface area (Å²) in [6.45, 7) is 0. The molecule has 0 aromatic heterocycles. The molecule has 1 unspecified atom stereocenters.